The van der Waals surface area contributed by atoms with E-state index in [1.54, 1.807) is 11.3 Å². The van der Waals surface area contributed by atoms with Crippen LogP contribution in [0, 0.1) is 0 Å². The van der Waals surface area contributed by atoms with Crippen molar-refractivity contribution in [2.24, 2.45) is 4.99 Å². The maximum Gasteiger partial charge on any atom is 0.0812 e. The van der Waals surface area contributed by atoms with Crippen LogP contribution in [0.3, 0.4) is 0 Å². The first-order valence-corrected chi connectivity index (χ1v) is 9.98. The number of nitrogens with one attached hydrogen (secondary N) is 1. The molecule has 6 rings (SSSR count). The number of aromatic nitrogens is 1. The van der Waals surface area contributed by atoms with Crippen molar-refractivity contribution >= 4 is 39.1 Å². The van der Waals surface area contributed by atoms with Crippen LogP contribution in [-0.2, 0) is 12.8 Å². The quantitative estimate of drug-likeness (QED) is 0.418. The summed E-state index contributed by atoms with van der Waals surface area (Å²) in [5.41, 5.74) is 8.22. The number of aliphatic imine (C=N–C) groups is 1. The number of anilines is 1. The molecule has 0 fully saturated rings. The Morgan fingerprint density at radius 3 is 2.44 bits per heavy atom. The Balaban J connectivity index is 0.0000001000. The van der Waals surface area contributed by atoms with E-state index in [1.807, 2.05) is 48.1 Å². The van der Waals surface area contributed by atoms with Crippen LogP contribution in [0.4, 0.5) is 11.4 Å². The number of fused-ring (bicyclic) bond motifs is 3. The number of benzene rings is 3. The molecule has 1 aromatic heterocycles. The van der Waals surface area contributed by atoms with E-state index in [0.29, 0.717) is 0 Å². The number of para-hydroxylation sites is 3. The highest BCUT2D eigenvalue weighted by molar-refractivity contribution is 7.16. The second kappa shape index (κ2) is 8.60. The zero-order chi connectivity index (χ0) is 18.3. The SMILES string of the molecule is C1=Nc2ccccc2C1.c1ccc2c(c1)CCN2.c1ccc2scnc2c1. The lowest BCUT2D eigenvalue weighted by molar-refractivity contribution is 1.11. The van der Waals surface area contributed by atoms with E-state index in [1.165, 1.54) is 27.9 Å². The van der Waals surface area contributed by atoms with Gasteiger partial charge in [0.15, 0.2) is 0 Å². The van der Waals surface area contributed by atoms with Crippen LogP contribution in [0.1, 0.15) is 11.1 Å². The Morgan fingerprint density at radius 2 is 1.59 bits per heavy atom. The molecule has 4 aromatic rings. The van der Waals surface area contributed by atoms with E-state index >= 15 is 0 Å². The van der Waals surface area contributed by atoms with Gasteiger partial charge in [0.25, 0.3) is 0 Å². The molecule has 27 heavy (non-hydrogen) atoms. The minimum absolute atomic E-state index is 1.01. The van der Waals surface area contributed by atoms with E-state index in [4.69, 9.17) is 0 Å². The predicted molar refractivity (Wildman–Crippen MR) is 117 cm³/mol. The highest BCUT2D eigenvalue weighted by Gasteiger charge is 2.06. The van der Waals surface area contributed by atoms with Gasteiger partial charge in [-0.15, -0.1) is 11.3 Å². The molecule has 0 spiro atoms. The second-order valence-corrected chi connectivity index (χ2v) is 7.18. The van der Waals surface area contributed by atoms with Gasteiger partial charge in [-0.1, -0.05) is 48.5 Å². The maximum atomic E-state index is 4.17. The van der Waals surface area contributed by atoms with E-state index < -0.39 is 0 Å². The third-order valence-corrected chi connectivity index (χ3v) is 5.31. The van der Waals surface area contributed by atoms with Gasteiger partial charge in [-0.2, -0.15) is 0 Å². The van der Waals surface area contributed by atoms with E-state index in [-0.39, 0.29) is 0 Å². The average molecular weight is 372 g/mol. The Labute approximate surface area is 163 Å². The van der Waals surface area contributed by atoms with Gasteiger partial charge in [0, 0.05) is 24.9 Å². The zero-order valence-electron chi connectivity index (χ0n) is 15.0. The Hall–Kier alpha value is -2.98. The van der Waals surface area contributed by atoms with Crippen LogP contribution in [0.15, 0.2) is 83.3 Å². The molecule has 3 heterocycles. The first-order chi connectivity index (χ1) is 13.4. The van der Waals surface area contributed by atoms with Gasteiger partial charge >= 0.3 is 0 Å². The molecule has 134 valence electrons. The van der Waals surface area contributed by atoms with E-state index in [2.05, 4.69) is 51.7 Å². The molecule has 2 aliphatic heterocycles. The van der Waals surface area contributed by atoms with Crippen LogP contribution in [-0.4, -0.2) is 17.7 Å². The molecule has 0 unspecified atom stereocenters. The lowest BCUT2D eigenvalue weighted by atomic mass is 10.2. The lowest BCUT2D eigenvalue weighted by Crippen LogP contribution is -1.90. The minimum Gasteiger partial charge on any atom is -0.384 e. The van der Waals surface area contributed by atoms with Gasteiger partial charge in [0.2, 0.25) is 0 Å². The molecule has 1 N–H and O–H groups in total. The minimum atomic E-state index is 1.01. The zero-order valence-corrected chi connectivity index (χ0v) is 15.8. The molecular formula is C23H21N3S. The maximum absolute atomic E-state index is 4.17. The van der Waals surface area contributed by atoms with Gasteiger partial charge < -0.3 is 5.32 Å². The summed E-state index contributed by atoms with van der Waals surface area (Å²) in [6.07, 6.45) is 4.15. The summed E-state index contributed by atoms with van der Waals surface area (Å²) in [7, 11) is 0. The molecule has 2 aliphatic rings. The molecule has 0 atom stereocenters. The lowest BCUT2D eigenvalue weighted by Gasteiger charge is -1.94. The van der Waals surface area contributed by atoms with Crippen LogP contribution >= 0.6 is 11.3 Å². The second-order valence-electron chi connectivity index (χ2n) is 6.30. The predicted octanol–water partition coefficient (Wildman–Crippen LogP) is 5.90. The molecular weight excluding hydrogens is 350 g/mol. The topological polar surface area (TPSA) is 37.3 Å². The van der Waals surface area contributed by atoms with Crippen molar-refractivity contribution in [3.05, 3.63) is 89.4 Å². The normalized spacial score (nSPS) is 12.9. The van der Waals surface area contributed by atoms with Crippen molar-refractivity contribution in [1.82, 2.24) is 4.98 Å². The van der Waals surface area contributed by atoms with Crippen molar-refractivity contribution in [1.29, 1.82) is 0 Å². The summed E-state index contributed by atoms with van der Waals surface area (Å²) >= 11 is 1.68. The average Bonchev–Trinajstić information content (AvgIpc) is 3.48. The Bertz CT molecular complexity index is 991. The Morgan fingerprint density at radius 1 is 0.815 bits per heavy atom. The molecule has 4 heteroatoms. The molecule has 3 aromatic carbocycles. The van der Waals surface area contributed by atoms with Crippen LogP contribution in [0.2, 0.25) is 0 Å². The number of hydrogen-bond acceptors (Lipinski definition) is 4. The van der Waals surface area contributed by atoms with Crippen LogP contribution in [0.5, 0.6) is 0 Å². The summed E-state index contributed by atoms with van der Waals surface area (Å²) in [5.74, 6) is 0. The van der Waals surface area contributed by atoms with Gasteiger partial charge in [0.1, 0.15) is 0 Å². The first-order valence-electron chi connectivity index (χ1n) is 9.10. The third-order valence-electron chi connectivity index (χ3n) is 4.50. The van der Waals surface area contributed by atoms with Crippen molar-refractivity contribution in [2.45, 2.75) is 12.8 Å². The molecule has 0 bridgehead atoms. The van der Waals surface area contributed by atoms with Crippen molar-refractivity contribution in [3.63, 3.8) is 0 Å². The summed E-state index contributed by atoms with van der Waals surface area (Å²) in [6, 6.07) is 24.8. The van der Waals surface area contributed by atoms with Gasteiger partial charge in [-0.25, -0.2) is 4.98 Å². The van der Waals surface area contributed by atoms with Crippen molar-refractivity contribution in [3.8, 4) is 0 Å². The molecule has 0 radical (unpaired) electrons. The van der Waals surface area contributed by atoms with Crippen LogP contribution < -0.4 is 5.32 Å². The summed E-state index contributed by atoms with van der Waals surface area (Å²) in [4.78, 5) is 8.31. The molecule has 0 aliphatic carbocycles. The molecule has 0 saturated heterocycles. The number of nitrogens with zero attached hydrogens (tertiary/aromatic N) is 2. The molecule has 0 amide bonds. The largest absolute Gasteiger partial charge is 0.384 e. The fraction of sp³-hybridized carbons (Fsp3) is 0.130. The standard InChI is InChI=1S/C8H9N.C8H7N.C7H5NS/c2*1-2-4-8-7(3-1)5-6-9-8;1-2-4-7-6(3-1)8-5-9-7/h1-4,9H,5-6H2;1-4,6H,5H2;1-5H. The van der Waals surface area contributed by atoms with E-state index in [0.717, 1.165) is 24.2 Å². The molecule has 0 saturated carbocycles. The van der Waals surface area contributed by atoms with Crippen molar-refractivity contribution in [2.75, 3.05) is 11.9 Å². The summed E-state index contributed by atoms with van der Waals surface area (Å²) in [5, 5.41) is 3.30. The monoisotopic (exact) mass is 371 g/mol. The highest BCUT2D eigenvalue weighted by atomic mass is 32.1. The van der Waals surface area contributed by atoms with Gasteiger partial charge in [0.05, 0.1) is 21.4 Å². The van der Waals surface area contributed by atoms with Crippen molar-refractivity contribution < 1.29 is 0 Å². The van der Waals surface area contributed by atoms with Gasteiger partial charge in [-0.05, 0) is 41.8 Å². The number of hydrogen-bond donors (Lipinski definition) is 1. The van der Waals surface area contributed by atoms with Crippen LogP contribution in [0.25, 0.3) is 10.2 Å². The number of thiazole rings is 1. The fourth-order valence-corrected chi connectivity index (χ4v) is 3.78. The highest BCUT2D eigenvalue weighted by Crippen LogP contribution is 2.22. The third kappa shape index (κ3) is 4.41. The fourth-order valence-electron chi connectivity index (χ4n) is 3.10. The molecule has 3 nitrogen and oxygen atoms in total. The summed E-state index contributed by atoms with van der Waals surface area (Å²) < 4.78 is 1.26. The van der Waals surface area contributed by atoms with Gasteiger partial charge in [-0.3, -0.25) is 4.99 Å². The van der Waals surface area contributed by atoms with E-state index in [9.17, 15) is 0 Å². The number of rotatable bonds is 0. The Kier molecular flexibility index (Phi) is 5.56. The summed E-state index contributed by atoms with van der Waals surface area (Å²) in [6.45, 7) is 1.11. The smallest absolute Gasteiger partial charge is 0.0812 e. The first kappa shape index (κ1) is 17.4.